The highest BCUT2D eigenvalue weighted by molar-refractivity contribution is 8.16. The molecule has 188 valence electrons. The van der Waals surface area contributed by atoms with E-state index in [2.05, 4.69) is 10.3 Å². The number of rotatable bonds is 7. The van der Waals surface area contributed by atoms with Crippen LogP contribution in [0.2, 0.25) is 0 Å². The molecule has 0 aliphatic carbocycles. The van der Waals surface area contributed by atoms with Gasteiger partial charge in [0.25, 0.3) is 0 Å². The SMILES string of the molecule is CCOC(=O)C1=C(C(F)(F)F)N=C2SC=C(CC(=O)NCC3CCCO3)N2C1c1ccccc1C. The monoisotopic (exact) mass is 509 g/mol. The summed E-state index contributed by atoms with van der Waals surface area (Å²) >= 11 is 0.994. The van der Waals surface area contributed by atoms with Crippen LogP contribution >= 0.6 is 11.8 Å². The van der Waals surface area contributed by atoms with Gasteiger partial charge < -0.3 is 19.7 Å². The van der Waals surface area contributed by atoms with Crippen molar-refractivity contribution in [3.05, 3.63) is 57.8 Å². The average Bonchev–Trinajstić information content (AvgIpc) is 3.47. The second-order valence-corrected chi connectivity index (χ2v) is 9.18. The summed E-state index contributed by atoms with van der Waals surface area (Å²) in [4.78, 5) is 31.0. The number of amides is 1. The number of aliphatic imine (C=N–C) groups is 1. The molecule has 7 nitrogen and oxygen atoms in total. The zero-order valence-corrected chi connectivity index (χ0v) is 20.2. The number of nitrogens with one attached hydrogen (secondary N) is 1. The summed E-state index contributed by atoms with van der Waals surface area (Å²) in [5.74, 6) is -1.38. The number of esters is 1. The molecule has 3 aliphatic heterocycles. The molecule has 11 heteroatoms. The predicted octanol–water partition coefficient (Wildman–Crippen LogP) is 4.36. The van der Waals surface area contributed by atoms with Crippen molar-refractivity contribution in [1.82, 2.24) is 10.2 Å². The molecule has 0 saturated carbocycles. The summed E-state index contributed by atoms with van der Waals surface area (Å²) in [5.41, 5.74) is -0.222. The number of allylic oxidation sites excluding steroid dienone is 1. The van der Waals surface area contributed by atoms with Crippen LogP contribution in [0.25, 0.3) is 0 Å². The molecule has 1 N–H and O–H groups in total. The van der Waals surface area contributed by atoms with Gasteiger partial charge in [0.15, 0.2) is 10.9 Å². The Morgan fingerprint density at radius 2 is 2.09 bits per heavy atom. The Hall–Kier alpha value is -2.79. The summed E-state index contributed by atoms with van der Waals surface area (Å²) < 4.78 is 52.9. The van der Waals surface area contributed by atoms with Gasteiger partial charge in [0.05, 0.1) is 30.7 Å². The number of alkyl halides is 3. The van der Waals surface area contributed by atoms with E-state index in [1.807, 2.05) is 0 Å². The number of carbonyl (C=O) groups is 2. The molecule has 35 heavy (non-hydrogen) atoms. The third-order valence-corrected chi connectivity index (χ3v) is 6.84. The Balaban J connectivity index is 1.71. The van der Waals surface area contributed by atoms with Gasteiger partial charge in [-0.25, -0.2) is 9.79 Å². The second kappa shape index (κ2) is 10.4. The van der Waals surface area contributed by atoms with Crippen molar-refractivity contribution in [2.75, 3.05) is 19.8 Å². The van der Waals surface area contributed by atoms with Crippen LogP contribution in [0, 0.1) is 6.92 Å². The van der Waals surface area contributed by atoms with Gasteiger partial charge in [-0.05, 0) is 43.2 Å². The summed E-state index contributed by atoms with van der Waals surface area (Å²) in [6.07, 6.45) is -3.18. The fourth-order valence-corrected chi connectivity index (χ4v) is 5.25. The molecule has 1 fully saturated rings. The minimum atomic E-state index is -4.87. The van der Waals surface area contributed by atoms with Gasteiger partial charge in [-0.3, -0.25) is 4.79 Å². The molecule has 0 radical (unpaired) electrons. The Bertz CT molecular complexity index is 1090. The first-order chi connectivity index (χ1) is 16.7. The first-order valence-electron chi connectivity index (χ1n) is 11.4. The molecular formula is C24H26F3N3O4S. The van der Waals surface area contributed by atoms with Gasteiger partial charge in [-0.15, -0.1) is 0 Å². The number of hydrogen-bond donors (Lipinski definition) is 1. The molecule has 3 aliphatic rings. The van der Waals surface area contributed by atoms with Crippen molar-refractivity contribution in [2.24, 2.45) is 4.99 Å². The number of hydrogen-bond acceptors (Lipinski definition) is 7. The van der Waals surface area contributed by atoms with Crippen LogP contribution in [0.5, 0.6) is 0 Å². The molecule has 0 aromatic heterocycles. The maximum Gasteiger partial charge on any atom is 0.434 e. The number of fused-ring (bicyclic) bond motifs is 1. The summed E-state index contributed by atoms with van der Waals surface area (Å²) in [7, 11) is 0. The van der Waals surface area contributed by atoms with Crippen LogP contribution in [0.3, 0.4) is 0 Å². The van der Waals surface area contributed by atoms with Crippen LogP contribution in [0.15, 0.2) is 51.6 Å². The van der Waals surface area contributed by atoms with Crippen molar-refractivity contribution in [3.8, 4) is 0 Å². The third-order valence-electron chi connectivity index (χ3n) is 5.95. The van der Waals surface area contributed by atoms with E-state index in [0.717, 1.165) is 24.6 Å². The fraction of sp³-hybridized carbons (Fsp3) is 0.458. The van der Waals surface area contributed by atoms with Crippen molar-refractivity contribution < 1.29 is 32.2 Å². The number of aryl methyl sites for hydroxylation is 1. The lowest BCUT2D eigenvalue weighted by Crippen LogP contribution is -2.40. The molecule has 1 aromatic rings. The lowest BCUT2D eigenvalue weighted by Gasteiger charge is -2.37. The Morgan fingerprint density at radius 1 is 1.31 bits per heavy atom. The van der Waals surface area contributed by atoms with Crippen LogP contribution in [-0.4, -0.2) is 54.0 Å². The van der Waals surface area contributed by atoms with E-state index >= 15 is 0 Å². The van der Waals surface area contributed by atoms with Crippen LogP contribution in [0.1, 0.15) is 43.4 Å². The van der Waals surface area contributed by atoms with E-state index < -0.39 is 29.5 Å². The van der Waals surface area contributed by atoms with E-state index in [1.165, 1.54) is 6.92 Å². The van der Waals surface area contributed by atoms with Crippen molar-refractivity contribution in [1.29, 1.82) is 0 Å². The van der Waals surface area contributed by atoms with E-state index in [-0.39, 0.29) is 30.2 Å². The van der Waals surface area contributed by atoms with Gasteiger partial charge in [0.2, 0.25) is 5.91 Å². The summed E-state index contributed by atoms with van der Waals surface area (Å²) in [6.45, 7) is 4.24. The van der Waals surface area contributed by atoms with Gasteiger partial charge in [-0.1, -0.05) is 36.0 Å². The summed E-state index contributed by atoms with van der Waals surface area (Å²) in [5, 5.41) is 4.50. The maximum atomic E-state index is 14.1. The minimum absolute atomic E-state index is 0.0367. The van der Waals surface area contributed by atoms with Crippen LogP contribution in [-0.2, 0) is 19.1 Å². The number of amidine groups is 1. The molecule has 4 rings (SSSR count). The fourth-order valence-electron chi connectivity index (χ4n) is 4.34. The van der Waals surface area contributed by atoms with E-state index in [9.17, 15) is 22.8 Å². The molecule has 0 spiro atoms. The van der Waals surface area contributed by atoms with Crippen LogP contribution < -0.4 is 5.32 Å². The highest BCUT2D eigenvalue weighted by Crippen LogP contribution is 2.48. The Kier molecular flexibility index (Phi) is 7.56. The van der Waals surface area contributed by atoms with Crippen molar-refractivity contribution in [3.63, 3.8) is 0 Å². The molecule has 3 heterocycles. The highest BCUT2D eigenvalue weighted by atomic mass is 32.2. The lowest BCUT2D eigenvalue weighted by atomic mass is 9.90. The zero-order chi connectivity index (χ0) is 25.2. The number of thioether (sulfide) groups is 1. The number of halogens is 3. The highest BCUT2D eigenvalue weighted by Gasteiger charge is 2.49. The predicted molar refractivity (Wildman–Crippen MR) is 125 cm³/mol. The quantitative estimate of drug-likeness (QED) is 0.551. The number of benzene rings is 1. The standard InChI is InChI=1S/C24H26F3N3O4S/c1-3-33-22(32)19-20(17-9-5-4-7-14(17)2)30-15(11-18(31)28-12-16-8-6-10-34-16)13-35-23(30)29-21(19)24(25,26)27/h4-5,7,9,13,16,20H,3,6,8,10-12H2,1-2H3,(H,28,31). The molecular weight excluding hydrogens is 483 g/mol. The largest absolute Gasteiger partial charge is 0.463 e. The molecule has 1 amide bonds. The zero-order valence-electron chi connectivity index (χ0n) is 19.4. The Labute approximate surface area is 205 Å². The van der Waals surface area contributed by atoms with E-state index in [4.69, 9.17) is 9.47 Å². The molecule has 0 bridgehead atoms. The lowest BCUT2D eigenvalue weighted by molar-refractivity contribution is -0.140. The normalized spacial score (nSPS) is 22.0. The van der Waals surface area contributed by atoms with Gasteiger partial charge in [-0.2, -0.15) is 13.2 Å². The van der Waals surface area contributed by atoms with Crippen LogP contribution in [0.4, 0.5) is 13.2 Å². The minimum Gasteiger partial charge on any atom is -0.463 e. The number of ether oxygens (including phenoxy) is 2. The number of carbonyl (C=O) groups excluding carboxylic acids is 2. The van der Waals surface area contributed by atoms with Gasteiger partial charge >= 0.3 is 12.1 Å². The van der Waals surface area contributed by atoms with Gasteiger partial charge in [0, 0.05) is 18.8 Å². The first kappa shape index (κ1) is 25.3. The molecule has 2 atom stereocenters. The molecule has 1 aromatic carbocycles. The molecule has 2 unspecified atom stereocenters. The van der Waals surface area contributed by atoms with E-state index in [0.29, 0.717) is 30.0 Å². The average molecular weight is 510 g/mol. The topological polar surface area (TPSA) is 80.2 Å². The smallest absolute Gasteiger partial charge is 0.434 e. The second-order valence-electron chi connectivity index (χ2n) is 8.35. The molecule has 1 saturated heterocycles. The Morgan fingerprint density at radius 3 is 2.74 bits per heavy atom. The summed E-state index contributed by atoms with van der Waals surface area (Å²) in [6, 6.07) is 5.76. The van der Waals surface area contributed by atoms with Gasteiger partial charge in [0.1, 0.15) is 0 Å². The first-order valence-corrected chi connectivity index (χ1v) is 12.2. The third kappa shape index (κ3) is 5.40. The van der Waals surface area contributed by atoms with E-state index in [1.54, 1.807) is 41.5 Å². The van der Waals surface area contributed by atoms with Crippen molar-refractivity contribution >= 4 is 28.8 Å². The van der Waals surface area contributed by atoms with Crippen molar-refractivity contribution in [2.45, 2.75) is 51.4 Å². The number of nitrogens with zero attached hydrogens (tertiary/aromatic N) is 2. The maximum absolute atomic E-state index is 14.1.